The number of benzene rings is 2. The van der Waals surface area contributed by atoms with Crippen LogP contribution in [-0.2, 0) is 6.61 Å². The molecule has 6 heteroatoms. The maximum atomic E-state index is 12.8. The van der Waals surface area contributed by atoms with Crippen molar-refractivity contribution in [1.29, 1.82) is 0 Å². The molecule has 0 aromatic heterocycles. The van der Waals surface area contributed by atoms with Crippen molar-refractivity contribution in [3.63, 3.8) is 0 Å². The molecule has 0 aliphatic rings. The van der Waals surface area contributed by atoms with Crippen LogP contribution in [0.2, 0.25) is 5.02 Å². The topological polar surface area (TPSA) is 52.4 Å². The number of nitro groups is 1. The quantitative estimate of drug-likeness (QED) is 0.629. The molecule has 98 valence electrons. The molecule has 0 aliphatic carbocycles. The van der Waals surface area contributed by atoms with Crippen molar-refractivity contribution < 1.29 is 14.1 Å². The predicted molar refractivity (Wildman–Crippen MR) is 68.8 cm³/mol. The minimum Gasteiger partial charge on any atom is -0.487 e. The molecule has 0 N–H and O–H groups in total. The third kappa shape index (κ3) is 3.42. The van der Waals surface area contributed by atoms with E-state index in [2.05, 4.69) is 0 Å². The molecule has 0 spiro atoms. The van der Waals surface area contributed by atoms with Crippen molar-refractivity contribution in [2.45, 2.75) is 6.61 Å². The highest BCUT2D eigenvalue weighted by atomic mass is 35.5. The van der Waals surface area contributed by atoms with E-state index in [1.807, 2.05) is 0 Å². The fourth-order valence-electron chi connectivity index (χ4n) is 1.47. The van der Waals surface area contributed by atoms with Crippen LogP contribution in [0.5, 0.6) is 5.75 Å². The van der Waals surface area contributed by atoms with Crippen molar-refractivity contribution >= 4 is 17.3 Å². The van der Waals surface area contributed by atoms with E-state index in [1.54, 1.807) is 12.1 Å². The molecule has 2 aromatic carbocycles. The van der Waals surface area contributed by atoms with E-state index < -0.39 is 10.7 Å². The Hall–Kier alpha value is -2.14. The molecule has 2 aromatic rings. The summed E-state index contributed by atoms with van der Waals surface area (Å²) in [6.07, 6.45) is 0. The van der Waals surface area contributed by atoms with Crippen molar-refractivity contribution in [2.24, 2.45) is 0 Å². The Kier molecular flexibility index (Phi) is 3.97. The second-order valence-electron chi connectivity index (χ2n) is 3.79. The first-order valence-electron chi connectivity index (χ1n) is 5.37. The average Bonchev–Trinajstić information content (AvgIpc) is 2.38. The summed E-state index contributed by atoms with van der Waals surface area (Å²) in [7, 11) is 0. The molecule has 0 unspecified atom stereocenters. The van der Waals surface area contributed by atoms with Gasteiger partial charge in [0.1, 0.15) is 18.2 Å². The minimum absolute atomic E-state index is 0.0172. The molecular weight excluding hydrogens is 273 g/mol. The molecule has 0 fully saturated rings. The van der Waals surface area contributed by atoms with Gasteiger partial charge in [0.05, 0.1) is 9.95 Å². The van der Waals surface area contributed by atoms with Crippen LogP contribution in [0.3, 0.4) is 0 Å². The van der Waals surface area contributed by atoms with Crippen LogP contribution >= 0.6 is 11.6 Å². The highest BCUT2D eigenvalue weighted by Crippen LogP contribution is 2.25. The number of nitro benzene ring substituents is 1. The summed E-state index contributed by atoms with van der Waals surface area (Å²) < 4.78 is 18.2. The first-order chi connectivity index (χ1) is 9.06. The monoisotopic (exact) mass is 281 g/mol. The Bertz CT molecular complexity index is 601. The van der Waals surface area contributed by atoms with Crippen LogP contribution in [0.25, 0.3) is 0 Å². The lowest BCUT2D eigenvalue weighted by molar-refractivity contribution is -0.384. The van der Waals surface area contributed by atoms with Gasteiger partial charge in [-0.2, -0.15) is 0 Å². The van der Waals surface area contributed by atoms with Crippen molar-refractivity contribution in [3.8, 4) is 5.75 Å². The van der Waals surface area contributed by atoms with E-state index in [4.69, 9.17) is 16.3 Å². The van der Waals surface area contributed by atoms with Gasteiger partial charge in [-0.05, 0) is 35.9 Å². The van der Waals surface area contributed by atoms with Gasteiger partial charge in [0.2, 0.25) is 0 Å². The van der Waals surface area contributed by atoms with E-state index >= 15 is 0 Å². The van der Waals surface area contributed by atoms with Gasteiger partial charge >= 0.3 is 0 Å². The zero-order valence-electron chi connectivity index (χ0n) is 9.68. The number of ether oxygens (including phenoxy) is 1. The van der Waals surface area contributed by atoms with E-state index in [9.17, 15) is 14.5 Å². The van der Waals surface area contributed by atoms with Gasteiger partial charge in [0, 0.05) is 12.1 Å². The summed E-state index contributed by atoms with van der Waals surface area (Å²) in [5.74, 6) is -0.0749. The molecule has 4 nitrogen and oxygen atoms in total. The van der Waals surface area contributed by atoms with Gasteiger partial charge in [-0.1, -0.05) is 11.6 Å². The van der Waals surface area contributed by atoms with Crippen LogP contribution in [-0.4, -0.2) is 4.92 Å². The van der Waals surface area contributed by atoms with Gasteiger partial charge in [-0.3, -0.25) is 10.1 Å². The molecule has 19 heavy (non-hydrogen) atoms. The second-order valence-corrected chi connectivity index (χ2v) is 4.19. The van der Waals surface area contributed by atoms with Crippen LogP contribution in [0.15, 0.2) is 42.5 Å². The summed E-state index contributed by atoms with van der Waals surface area (Å²) in [5.41, 5.74) is 0.773. The maximum absolute atomic E-state index is 12.8. The smallest absolute Gasteiger partial charge is 0.269 e. The Morgan fingerprint density at radius 1 is 1.21 bits per heavy atom. The first kappa shape index (κ1) is 13.3. The molecule has 0 saturated heterocycles. The summed E-state index contributed by atoms with van der Waals surface area (Å²) in [6.45, 7) is 0.198. The third-order valence-electron chi connectivity index (χ3n) is 2.44. The van der Waals surface area contributed by atoms with Crippen molar-refractivity contribution in [3.05, 3.63) is 69.0 Å². The standard InChI is InChI=1S/C13H9ClFNO3/c14-12-7-10(15)3-6-13(12)19-8-9-1-4-11(5-2-9)16(17)18/h1-7H,8H2. The van der Waals surface area contributed by atoms with Crippen LogP contribution in [0, 0.1) is 15.9 Å². The van der Waals surface area contributed by atoms with Crippen LogP contribution < -0.4 is 4.74 Å². The zero-order valence-corrected chi connectivity index (χ0v) is 10.4. The Labute approximate surface area is 113 Å². The Balaban J connectivity index is 2.04. The van der Waals surface area contributed by atoms with E-state index in [1.165, 1.54) is 24.3 Å². The van der Waals surface area contributed by atoms with E-state index in [0.717, 1.165) is 11.6 Å². The van der Waals surface area contributed by atoms with Crippen LogP contribution in [0.1, 0.15) is 5.56 Å². The lowest BCUT2D eigenvalue weighted by Gasteiger charge is -2.07. The van der Waals surface area contributed by atoms with Gasteiger partial charge in [-0.25, -0.2) is 4.39 Å². The fourth-order valence-corrected chi connectivity index (χ4v) is 1.69. The van der Waals surface area contributed by atoms with Crippen molar-refractivity contribution in [2.75, 3.05) is 0 Å². The highest BCUT2D eigenvalue weighted by Gasteiger charge is 2.06. The summed E-state index contributed by atoms with van der Waals surface area (Å²) in [4.78, 5) is 10.0. The Morgan fingerprint density at radius 2 is 1.89 bits per heavy atom. The molecule has 2 rings (SSSR count). The lowest BCUT2D eigenvalue weighted by Crippen LogP contribution is -1.96. The van der Waals surface area contributed by atoms with Gasteiger partial charge < -0.3 is 4.74 Å². The summed E-state index contributed by atoms with van der Waals surface area (Å²) in [6, 6.07) is 9.81. The third-order valence-corrected chi connectivity index (χ3v) is 2.73. The summed E-state index contributed by atoms with van der Waals surface area (Å²) in [5, 5.41) is 10.7. The SMILES string of the molecule is O=[N+]([O-])c1ccc(COc2ccc(F)cc2Cl)cc1. The van der Waals surface area contributed by atoms with Gasteiger partial charge in [0.25, 0.3) is 5.69 Å². The lowest BCUT2D eigenvalue weighted by atomic mass is 10.2. The Morgan fingerprint density at radius 3 is 2.47 bits per heavy atom. The number of non-ortho nitro benzene ring substituents is 1. The fraction of sp³-hybridized carbons (Fsp3) is 0.0769. The average molecular weight is 282 g/mol. The van der Waals surface area contributed by atoms with Crippen LogP contribution in [0.4, 0.5) is 10.1 Å². The number of nitrogens with zero attached hydrogens (tertiary/aromatic N) is 1. The zero-order chi connectivity index (χ0) is 13.8. The highest BCUT2D eigenvalue weighted by molar-refractivity contribution is 6.32. The van der Waals surface area contributed by atoms with E-state index in [0.29, 0.717) is 5.75 Å². The summed E-state index contributed by atoms with van der Waals surface area (Å²) >= 11 is 5.81. The molecule has 0 heterocycles. The largest absolute Gasteiger partial charge is 0.487 e. The molecule has 0 bridgehead atoms. The number of rotatable bonds is 4. The molecule has 0 amide bonds. The molecular formula is C13H9ClFNO3. The van der Waals surface area contributed by atoms with Crippen molar-refractivity contribution in [1.82, 2.24) is 0 Å². The first-order valence-corrected chi connectivity index (χ1v) is 5.75. The predicted octanol–water partition coefficient (Wildman–Crippen LogP) is 3.97. The second kappa shape index (κ2) is 5.67. The minimum atomic E-state index is -0.471. The molecule has 0 atom stereocenters. The normalized spacial score (nSPS) is 10.2. The molecule has 0 saturated carbocycles. The maximum Gasteiger partial charge on any atom is 0.269 e. The van der Waals surface area contributed by atoms with Gasteiger partial charge in [-0.15, -0.1) is 0 Å². The van der Waals surface area contributed by atoms with E-state index in [-0.39, 0.29) is 17.3 Å². The number of hydrogen-bond donors (Lipinski definition) is 0. The molecule has 0 radical (unpaired) electrons. The number of hydrogen-bond acceptors (Lipinski definition) is 3. The van der Waals surface area contributed by atoms with Gasteiger partial charge in [0.15, 0.2) is 0 Å². The number of halogens is 2. The molecule has 0 aliphatic heterocycles.